The summed E-state index contributed by atoms with van der Waals surface area (Å²) in [6.07, 6.45) is 2.83. The van der Waals surface area contributed by atoms with Crippen LogP contribution in [0.2, 0.25) is 0 Å². The molecular formula is C11H14N2S2. The molecule has 0 saturated heterocycles. The number of aliphatic imine (C=N–C) groups is 1. The maximum atomic E-state index is 4.52. The summed E-state index contributed by atoms with van der Waals surface area (Å²) in [5.74, 6) is 0. The monoisotopic (exact) mass is 238 g/mol. The van der Waals surface area contributed by atoms with Crippen LogP contribution in [0.5, 0.6) is 0 Å². The van der Waals surface area contributed by atoms with Crippen LogP contribution in [0.25, 0.3) is 0 Å². The molecule has 0 spiro atoms. The minimum absolute atomic E-state index is 0.224. The van der Waals surface area contributed by atoms with Crippen molar-refractivity contribution in [2.75, 3.05) is 0 Å². The van der Waals surface area contributed by atoms with E-state index < -0.39 is 0 Å². The first-order valence-electron chi connectivity index (χ1n) is 4.80. The summed E-state index contributed by atoms with van der Waals surface area (Å²) in [5.41, 5.74) is 0.753. The van der Waals surface area contributed by atoms with E-state index in [9.17, 15) is 0 Å². The number of aromatic nitrogens is 1. The highest BCUT2D eigenvalue weighted by molar-refractivity contribution is 8.00. The maximum absolute atomic E-state index is 4.52. The number of hydrogen-bond acceptors (Lipinski definition) is 4. The molecule has 1 rings (SSSR count). The van der Waals surface area contributed by atoms with Gasteiger partial charge >= 0.3 is 0 Å². The Labute approximate surface area is 100 Å². The Morgan fingerprint density at radius 1 is 1.53 bits per heavy atom. The summed E-state index contributed by atoms with van der Waals surface area (Å²) in [5, 5.41) is 3.34. The van der Waals surface area contributed by atoms with E-state index in [1.807, 2.05) is 12.1 Å². The van der Waals surface area contributed by atoms with Crippen LogP contribution in [-0.2, 0) is 0 Å². The molecule has 1 aromatic rings. The SMILES string of the molecule is CCC(C)(C)Sc1ccc(N=C=S)cn1. The third-order valence-electron chi connectivity index (χ3n) is 2.13. The van der Waals surface area contributed by atoms with Crippen LogP contribution >= 0.6 is 24.0 Å². The van der Waals surface area contributed by atoms with Crippen molar-refractivity contribution in [1.29, 1.82) is 0 Å². The van der Waals surface area contributed by atoms with Crippen molar-refractivity contribution >= 4 is 34.8 Å². The molecule has 15 heavy (non-hydrogen) atoms. The van der Waals surface area contributed by atoms with E-state index in [0.29, 0.717) is 0 Å². The molecule has 0 aliphatic heterocycles. The van der Waals surface area contributed by atoms with Gasteiger partial charge in [-0.25, -0.2) is 4.98 Å². The molecule has 0 aromatic carbocycles. The first kappa shape index (κ1) is 12.4. The summed E-state index contributed by atoms with van der Waals surface area (Å²) >= 11 is 6.30. The van der Waals surface area contributed by atoms with Crippen molar-refractivity contribution in [3.05, 3.63) is 18.3 Å². The van der Waals surface area contributed by atoms with Crippen molar-refractivity contribution in [3.63, 3.8) is 0 Å². The number of rotatable bonds is 4. The predicted octanol–water partition coefficient (Wildman–Crippen LogP) is 4.10. The normalized spacial score (nSPS) is 10.9. The van der Waals surface area contributed by atoms with Crippen molar-refractivity contribution in [2.24, 2.45) is 4.99 Å². The van der Waals surface area contributed by atoms with Gasteiger partial charge in [-0.05, 0) is 30.8 Å². The molecule has 0 amide bonds. The van der Waals surface area contributed by atoms with Crippen LogP contribution in [0.1, 0.15) is 27.2 Å². The Balaban J connectivity index is 2.76. The van der Waals surface area contributed by atoms with E-state index in [0.717, 1.165) is 17.1 Å². The van der Waals surface area contributed by atoms with Crippen molar-refractivity contribution in [3.8, 4) is 0 Å². The molecule has 0 fully saturated rings. The van der Waals surface area contributed by atoms with Gasteiger partial charge in [0.25, 0.3) is 0 Å². The summed E-state index contributed by atoms with van der Waals surface area (Å²) in [6.45, 7) is 6.60. The predicted molar refractivity (Wildman–Crippen MR) is 69.2 cm³/mol. The molecule has 1 heterocycles. The first-order valence-corrected chi connectivity index (χ1v) is 6.03. The minimum atomic E-state index is 0.224. The van der Waals surface area contributed by atoms with E-state index in [-0.39, 0.29) is 4.75 Å². The lowest BCUT2D eigenvalue weighted by molar-refractivity contribution is 0.683. The van der Waals surface area contributed by atoms with E-state index in [2.05, 4.69) is 48.1 Å². The lowest BCUT2D eigenvalue weighted by atomic mass is 10.1. The number of nitrogens with zero attached hydrogens (tertiary/aromatic N) is 2. The molecule has 0 bridgehead atoms. The Bertz CT molecular complexity index is 365. The summed E-state index contributed by atoms with van der Waals surface area (Å²) in [4.78, 5) is 8.17. The Kier molecular flexibility index (Phi) is 4.45. The molecule has 80 valence electrons. The van der Waals surface area contributed by atoms with E-state index in [1.165, 1.54) is 0 Å². The lowest BCUT2D eigenvalue weighted by Gasteiger charge is -2.20. The Hall–Kier alpha value is -0.700. The van der Waals surface area contributed by atoms with Gasteiger partial charge in [0, 0.05) is 4.75 Å². The van der Waals surface area contributed by atoms with Gasteiger partial charge < -0.3 is 0 Å². The van der Waals surface area contributed by atoms with Gasteiger partial charge in [0.05, 0.1) is 22.1 Å². The lowest BCUT2D eigenvalue weighted by Crippen LogP contribution is -2.12. The largest absolute Gasteiger partial charge is 0.248 e. The van der Waals surface area contributed by atoms with Gasteiger partial charge in [-0.1, -0.05) is 20.8 Å². The zero-order valence-corrected chi connectivity index (χ0v) is 10.8. The third kappa shape index (κ3) is 4.12. The standard InChI is InChI=1S/C11H14N2S2/c1-4-11(2,3)15-10-6-5-9(7-12-10)13-8-14/h5-7H,4H2,1-3H3. The number of isothiocyanates is 1. The maximum Gasteiger partial charge on any atom is 0.0966 e. The van der Waals surface area contributed by atoms with Crippen LogP contribution < -0.4 is 0 Å². The van der Waals surface area contributed by atoms with Crippen LogP contribution in [0, 0.1) is 0 Å². The molecule has 0 radical (unpaired) electrons. The quantitative estimate of drug-likeness (QED) is 0.448. The topological polar surface area (TPSA) is 25.2 Å². The number of hydrogen-bond donors (Lipinski definition) is 0. The van der Waals surface area contributed by atoms with Crippen LogP contribution in [-0.4, -0.2) is 14.9 Å². The van der Waals surface area contributed by atoms with Gasteiger partial charge in [-0.3, -0.25) is 0 Å². The fourth-order valence-corrected chi connectivity index (χ4v) is 1.96. The molecule has 2 nitrogen and oxygen atoms in total. The molecule has 0 aliphatic rings. The summed E-state index contributed by atoms with van der Waals surface area (Å²) in [7, 11) is 0. The Morgan fingerprint density at radius 2 is 2.27 bits per heavy atom. The molecule has 0 N–H and O–H groups in total. The summed E-state index contributed by atoms with van der Waals surface area (Å²) < 4.78 is 0.224. The smallest absolute Gasteiger partial charge is 0.0966 e. The van der Waals surface area contributed by atoms with Gasteiger partial charge in [-0.15, -0.1) is 11.8 Å². The first-order chi connectivity index (χ1) is 7.07. The molecule has 4 heteroatoms. The number of thiocarbonyl (C=S) groups is 1. The van der Waals surface area contributed by atoms with E-state index in [4.69, 9.17) is 0 Å². The highest BCUT2D eigenvalue weighted by Gasteiger charge is 2.17. The zero-order chi connectivity index (χ0) is 11.3. The van der Waals surface area contributed by atoms with Crippen molar-refractivity contribution in [1.82, 2.24) is 4.98 Å². The van der Waals surface area contributed by atoms with E-state index >= 15 is 0 Å². The Morgan fingerprint density at radius 3 is 2.73 bits per heavy atom. The molecule has 0 aliphatic carbocycles. The zero-order valence-electron chi connectivity index (χ0n) is 9.15. The molecule has 0 unspecified atom stereocenters. The summed E-state index contributed by atoms with van der Waals surface area (Å²) in [6, 6.07) is 3.87. The molecular weight excluding hydrogens is 224 g/mol. The second-order valence-corrected chi connectivity index (χ2v) is 5.68. The van der Waals surface area contributed by atoms with Gasteiger partial charge in [0.15, 0.2) is 0 Å². The van der Waals surface area contributed by atoms with Gasteiger partial charge in [-0.2, -0.15) is 4.99 Å². The van der Waals surface area contributed by atoms with Gasteiger partial charge in [0.1, 0.15) is 0 Å². The average Bonchev–Trinajstić information content (AvgIpc) is 2.21. The highest BCUT2D eigenvalue weighted by atomic mass is 32.2. The van der Waals surface area contributed by atoms with Crippen LogP contribution in [0.3, 0.4) is 0 Å². The molecule has 0 atom stereocenters. The van der Waals surface area contributed by atoms with Crippen LogP contribution in [0.4, 0.5) is 5.69 Å². The second-order valence-electron chi connectivity index (χ2n) is 3.77. The third-order valence-corrected chi connectivity index (χ3v) is 3.51. The highest BCUT2D eigenvalue weighted by Crippen LogP contribution is 2.33. The molecule has 0 saturated carbocycles. The molecule has 1 aromatic heterocycles. The van der Waals surface area contributed by atoms with Gasteiger partial charge in [0.2, 0.25) is 0 Å². The average molecular weight is 238 g/mol. The fourth-order valence-electron chi connectivity index (χ4n) is 0.907. The number of thioether (sulfide) groups is 1. The van der Waals surface area contributed by atoms with Crippen molar-refractivity contribution in [2.45, 2.75) is 37.0 Å². The second kappa shape index (κ2) is 5.40. The van der Waals surface area contributed by atoms with E-state index in [1.54, 1.807) is 18.0 Å². The minimum Gasteiger partial charge on any atom is -0.248 e. The van der Waals surface area contributed by atoms with Crippen LogP contribution in [0.15, 0.2) is 28.3 Å². The fraction of sp³-hybridized carbons (Fsp3) is 0.455. The number of pyridine rings is 1. The van der Waals surface area contributed by atoms with Crippen molar-refractivity contribution < 1.29 is 0 Å².